The second-order valence-electron chi connectivity index (χ2n) is 6.78. The van der Waals surface area contributed by atoms with Crippen LogP contribution in [-0.2, 0) is 16.6 Å². The van der Waals surface area contributed by atoms with Gasteiger partial charge in [0.15, 0.2) is 11.4 Å². The number of hydrogen-bond donors (Lipinski definition) is 1. The summed E-state index contributed by atoms with van der Waals surface area (Å²) in [5.41, 5.74) is -0.975. The highest BCUT2D eigenvalue weighted by atomic mass is 19.4. The largest absolute Gasteiger partial charge is 0.433 e. The minimum atomic E-state index is -5.04. The van der Waals surface area contributed by atoms with Gasteiger partial charge in [0, 0.05) is 11.8 Å². The van der Waals surface area contributed by atoms with Gasteiger partial charge < -0.3 is 5.73 Å². The minimum Gasteiger partial charge on any atom is -0.369 e. The number of nitrogens with zero attached hydrogens (tertiary/aromatic N) is 2. The average molecular weight is 419 g/mol. The van der Waals surface area contributed by atoms with Crippen LogP contribution in [0.3, 0.4) is 0 Å². The number of carbonyl (C=O) groups is 1. The van der Waals surface area contributed by atoms with E-state index in [2.05, 4.69) is 4.98 Å². The summed E-state index contributed by atoms with van der Waals surface area (Å²) in [7, 11) is 0. The molecule has 0 fully saturated rings. The first-order valence-corrected chi connectivity index (χ1v) is 8.82. The van der Waals surface area contributed by atoms with Crippen LogP contribution in [0.4, 0.5) is 22.0 Å². The van der Waals surface area contributed by atoms with E-state index in [1.54, 1.807) is 18.2 Å². The number of nitrogens with two attached hydrogens (primary N) is 1. The van der Waals surface area contributed by atoms with Gasteiger partial charge in [0.25, 0.3) is 0 Å². The number of fused-ring (bicyclic) bond motifs is 1. The van der Waals surface area contributed by atoms with Crippen molar-refractivity contribution in [1.29, 1.82) is 0 Å². The number of aromatic nitrogens is 2. The Hall–Kier alpha value is -3.49. The molecular formula is C21H14F5N3O. The summed E-state index contributed by atoms with van der Waals surface area (Å²) in [6.45, 7) is 0. The lowest BCUT2D eigenvalue weighted by atomic mass is 9.73. The quantitative estimate of drug-likeness (QED) is 0.633. The maximum absolute atomic E-state index is 16.8. The Morgan fingerprint density at radius 1 is 1.07 bits per heavy atom. The van der Waals surface area contributed by atoms with E-state index in [9.17, 15) is 22.4 Å². The summed E-state index contributed by atoms with van der Waals surface area (Å²) in [5.74, 6) is -5.04. The van der Waals surface area contributed by atoms with Gasteiger partial charge in [0.1, 0.15) is 23.1 Å². The number of benzene rings is 1. The zero-order valence-electron chi connectivity index (χ0n) is 15.2. The lowest BCUT2D eigenvalue weighted by Crippen LogP contribution is -2.44. The van der Waals surface area contributed by atoms with Crippen LogP contribution in [0.25, 0.3) is 11.2 Å². The van der Waals surface area contributed by atoms with E-state index in [1.807, 2.05) is 0 Å². The van der Waals surface area contributed by atoms with Crippen molar-refractivity contribution in [3.8, 4) is 0 Å². The molecule has 2 atom stereocenters. The summed E-state index contributed by atoms with van der Waals surface area (Å²) in [6, 6.07) is 11.6. The van der Waals surface area contributed by atoms with Crippen molar-refractivity contribution < 1.29 is 26.7 Å². The van der Waals surface area contributed by atoms with Crippen molar-refractivity contribution in [3.63, 3.8) is 0 Å². The van der Waals surface area contributed by atoms with E-state index in [-0.39, 0.29) is 16.8 Å². The van der Waals surface area contributed by atoms with Crippen LogP contribution in [0.5, 0.6) is 0 Å². The second kappa shape index (κ2) is 6.79. The average Bonchev–Trinajstić information content (AvgIpc) is 3.09. The fraction of sp³-hybridized carbons (Fsp3) is 0.143. The summed E-state index contributed by atoms with van der Waals surface area (Å²) < 4.78 is 74.2. The topological polar surface area (TPSA) is 60.4 Å². The summed E-state index contributed by atoms with van der Waals surface area (Å²) in [4.78, 5) is 15.9. The maximum atomic E-state index is 16.8. The lowest BCUT2D eigenvalue weighted by molar-refractivity contribution is -0.144. The Kier molecular flexibility index (Phi) is 4.48. The van der Waals surface area contributed by atoms with Crippen molar-refractivity contribution in [2.24, 2.45) is 11.7 Å². The van der Waals surface area contributed by atoms with E-state index in [1.165, 1.54) is 30.3 Å². The SMILES string of the molecule is NC(=O)C1C(F)=CC=C(c2ccccc2)C1(F)c1nc2ccccn2c1C(F)(F)F. The Morgan fingerprint density at radius 2 is 1.73 bits per heavy atom. The molecule has 0 saturated carbocycles. The molecule has 2 unspecified atom stereocenters. The minimum absolute atomic E-state index is 0.167. The van der Waals surface area contributed by atoms with Crippen LogP contribution in [0, 0.1) is 5.92 Å². The van der Waals surface area contributed by atoms with Crippen molar-refractivity contribution in [2.75, 3.05) is 0 Å². The Labute approximate surface area is 167 Å². The monoisotopic (exact) mass is 419 g/mol. The van der Waals surface area contributed by atoms with E-state index in [4.69, 9.17) is 5.73 Å². The van der Waals surface area contributed by atoms with E-state index < -0.39 is 40.9 Å². The summed E-state index contributed by atoms with van der Waals surface area (Å²) >= 11 is 0. The number of alkyl halides is 4. The van der Waals surface area contributed by atoms with Crippen LogP contribution < -0.4 is 5.73 Å². The molecule has 4 rings (SSSR count). The highest BCUT2D eigenvalue weighted by Crippen LogP contribution is 2.53. The Balaban J connectivity index is 2.11. The molecule has 2 aromatic heterocycles. The molecule has 0 saturated heterocycles. The second-order valence-corrected chi connectivity index (χ2v) is 6.78. The van der Waals surface area contributed by atoms with Crippen molar-refractivity contribution in [3.05, 3.63) is 89.7 Å². The third kappa shape index (κ3) is 2.89. The van der Waals surface area contributed by atoms with E-state index in [0.29, 0.717) is 4.40 Å². The predicted octanol–water partition coefficient (Wildman–Crippen LogP) is 4.57. The number of rotatable bonds is 3. The number of allylic oxidation sites excluding steroid dienone is 3. The molecule has 1 aliphatic rings. The molecule has 30 heavy (non-hydrogen) atoms. The molecule has 0 bridgehead atoms. The van der Waals surface area contributed by atoms with Gasteiger partial charge in [-0.25, -0.2) is 13.8 Å². The zero-order valence-corrected chi connectivity index (χ0v) is 15.2. The number of amides is 1. The van der Waals surface area contributed by atoms with Crippen molar-refractivity contribution in [2.45, 2.75) is 11.8 Å². The van der Waals surface area contributed by atoms with Crippen LogP contribution in [0.1, 0.15) is 17.0 Å². The molecule has 2 heterocycles. The van der Waals surface area contributed by atoms with Gasteiger partial charge in [-0.2, -0.15) is 13.2 Å². The summed E-state index contributed by atoms with van der Waals surface area (Å²) in [5, 5.41) is 0. The van der Waals surface area contributed by atoms with Crippen LogP contribution >= 0.6 is 0 Å². The number of pyridine rings is 1. The molecule has 0 aliphatic heterocycles. The lowest BCUT2D eigenvalue weighted by Gasteiger charge is -2.35. The summed E-state index contributed by atoms with van der Waals surface area (Å²) in [6.07, 6.45) is -2.14. The van der Waals surface area contributed by atoms with Gasteiger partial charge in [-0.3, -0.25) is 9.20 Å². The first-order chi connectivity index (χ1) is 14.2. The van der Waals surface area contributed by atoms with Crippen LogP contribution in [0.15, 0.2) is 72.7 Å². The van der Waals surface area contributed by atoms with Gasteiger partial charge in [-0.05, 0) is 23.8 Å². The fourth-order valence-electron chi connectivity index (χ4n) is 3.77. The van der Waals surface area contributed by atoms with Gasteiger partial charge in [0.05, 0.1) is 0 Å². The predicted molar refractivity (Wildman–Crippen MR) is 99.3 cm³/mol. The highest BCUT2D eigenvalue weighted by molar-refractivity contribution is 5.89. The van der Waals surface area contributed by atoms with Crippen molar-refractivity contribution >= 4 is 17.1 Å². The molecule has 9 heteroatoms. The van der Waals surface area contributed by atoms with Gasteiger partial charge >= 0.3 is 6.18 Å². The van der Waals surface area contributed by atoms with Gasteiger partial charge in [-0.15, -0.1) is 0 Å². The highest BCUT2D eigenvalue weighted by Gasteiger charge is 2.57. The maximum Gasteiger partial charge on any atom is 0.433 e. The fourth-order valence-corrected chi connectivity index (χ4v) is 3.77. The van der Waals surface area contributed by atoms with Gasteiger partial charge in [0.2, 0.25) is 5.91 Å². The molecule has 154 valence electrons. The first-order valence-electron chi connectivity index (χ1n) is 8.82. The normalized spacial score (nSPS) is 22.0. The third-order valence-corrected chi connectivity index (χ3v) is 4.99. The van der Waals surface area contributed by atoms with E-state index >= 15 is 4.39 Å². The zero-order chi connectivity index (χ0) is 21.7. The third-order valence-electron chi connectivity index (χ3n) is 4.99. The molecule has 1 aromatic carbocycles. The van der Waals surface area contributed by atoms with Crippen LogP contribution in [-0.4, -0.2) is 15.3 Å². The number of hydrogen-bond acceptors (Lipinski definition) is 2. The number of carbonyl (C=O) groups excluding carboxylic acids is 1. The van der Waals surface area contributed by atoms with E-state index in [0.717, 1.165) is 18.3 Å². The molecule has 1 amide bonds. The number of imidazole rings is 1. The first kappa shape index (κ1) is 19.8. The molecule has 0 spiro atoms. The van der Waals surface area contributed by atoms with Crippen molar-refractivity contribution in [1.82, 2.24) is 9.38 Å². The standard InChI is InChI=1S/C21H14F5N3O/c22-14-10-9-13(12-6-2-1-3-7-12)20(23,16(14)19(27)30)17-18(21(24,25)26)29-11-5-4-8-15(29)28-17/h1-11,16H,(H2,27,30). The molecular weight excluding hydrogens is 405 g/mol. The Bertz CT molecular complexity index is 1200. The molecule has 0 radical (unpaired) electrons. The van der Waals surface area contributed by atoms with Gasteiger partial charge in [-0.1, -0.05) is 42.5 Å². The number of primary amides is 1. The molecule has 3 aromatic rings. The number of halogens is 5. The van der Waals surface area contributed by atoms with Crippen LogP contribution in [0.2, 0.25) is 0 Å². The molecule has 1 aliphatic carbocycles. The smallest absolute Gasteiger partial charge is 0.369 e. The Morgan fingerprint density at radius 3 is 2.37 bits per heavy atom. The molecule has 2 N–H and O–H groups in total. The molecule has 4 nitrogen and oxygen atoms in total.